The highest BCUT2D eigenvalue weighted by atomic mass is 16.4. The molecule has 0 bridgehead atoms. The van der Waals surface area contributed by atoms with E-state index in [4.69, 9.17) is 5.73 Å². The van der Waals surface area contributed by atoms with Crippen LogP contribution in [0.15, 0.2) is 0 Å². The van der Waals surface area contributed by atoms with Crippen molar-refractivity contribution in [3.8, 4) is 0 Å². The molecule has 38 heavy (non-hydrogen) atoms. The lowest BCUT2D eigenvalue weighted by molar-refractivity contribution is -0.142. The maximum atomic E-state index is 12.2. The number of unbranched alkanes of at least 4 members (excludes halogenated alkanes) is 8. The van der Waals surface area contributed by atoms with Gasteiger partial charge in [-0.2, -0.15) is 0 Å². The van der Waals surface area contributed by atoms with E-state index in [0.717, 1.165) is 25.2 Å². The fourth-order valence-corrected chi connectivity index (χ4v) is 4.03. The number of carbonyl (C=O) groups is 4. The summed E-state index contributed by atoms with van der Waals surface area (Å²) in [5.74, 6) is -2.54. The number of rotatable bonds is 24. The smallest absolute Gasteiger partial charge is 0.326 e. The van der Waals surface area contributed by atoms with Crippen molar-refractivity contribution in [3.63, 3.8) is 0 Å². The number of hydrogen-bond acceptors (Lipinski definition) is 7. The molecule has 0 rings (SSSR count). The van der Waals surface area contributed by atoms with Crippen LogP contribution in [0.3, 0.4) is 0 Å². The van der Waals surface area contributed by atoms with E-state index in [9.17, 15) is 34.5 Å². The summed E-state index contributed by atoms with van der Waals surface area (Å²) in [7, 11) is 0. The first-order valence-electron chi connectivity index (χ1n) is 14.2. The molecular weight excluding hydrogens is 492 g/mol. The van der Waals surface area contributed by atoms with Crippen LogP contribution in [0.4, 0.5) is 0 Å². The normalized spacial score (nSPS) is 13.5. The van der Waals surface area contributed by atoms with Crippen molar-refractivity contribution in [2.45, 2.75) is 122 Å². The molecule has 0 spiro atoms. The summed E-state index contributed by atoms with van der Waals surface area (Å²) >= 11 is 0. The van der Waals surface area contributed by atoms with Gasteiger partial charge in [0, 0.05) is 0 Å². The highest BCUT2D eigenvalue weighted by Crippen LogP contribution is 2.14. The van der Waals surface area contributed by atoms with Gasteiger partial charge in [-0.1, -0.05) is 78.1 Å². The number of carbonyl (C=O) groups excluding carboxylic acids is 3. The number of nitrogens with two attached hydrogens (primary N) is 1. The summed E-state index contributed by atoms with van der Waals surface area (Å²) in [6.07, 6.45) is 12.0. The summed E-state index contributed by atoms with van der Waals surface area (Å²) in [5, 5.41) is 35.6. The molecule has 11 heteroatoms. The number of amides is 3. The van der Waals surface area contributed by atoms with Crippen molar-refractivity contribution < 1.29 is 34.5 Å². The highest BCUT2D eigenvalue weighted by Gasteiger charge is 2.26. The molecule has 3 amide bonds. The SMILES string of the molecule is CC(C)CCCCCCCCCCCC(O)CC(=O)NCC(=O)NC(CO)C(=O)NC(CCCN)C(=O)O. The Labute approximate surface area is 227 Å². The Morgan fingerprint density at radius 2 is 1.29 bits per heavy atom. The fraction of sp³-hybridized carbons (Fsp3) is 0.852. The molecule has 0 aliphatic rings. The molecule has 0 radical (unpaired) electrons. The second-order valence-electron chi connectivity index (χ2n) is 10.4. The van der Waals surface area contributed by atoms with Crippen molar-refractivity contribution in [3.05, 3.63) is 0 Å². The van der Waals surface area contributed by atoms with Crippen LogP contribution in [-0.2, 0) is 19.2 Å². The van der Waals surface area contributed by atoms with Crippen LogP contribution in [0, 0.1) is 5.92 Å². The van der Waals surface area contributed by atoms with Gasteiger partial charge in [-0.25, -0.2) is 4.79 Å². The largest absolute Gasteiger partial charge is 0.480 e. The second-order valence-corrected chi connectivity index (χ2v) is 10.4. The standard InChI is InChI=1S/C27H52N4O7/c1-20(2)13-10-8-6-4-3-5-7-9-11-14-21(33)17-24(34)29-18-25(35)30-23(19-32)26(36)31-22(27(37)38)15-12-16-28/h20-23,32-33H,3-19,28H2,1-2H3,(H,29,34)(H,30,35)(H,31,36)(H,37,38). The predicted molar refractivity (Wildman–Crippen MR) is 146 cm³/mol. The molecule has 0 aromatic rings. The summed E-state index contributed by atoms with van der Waals surface area (Å²) in [6.45, 7) is 3.59. The molecule has 0 saturated heterocycles. The molecule has 0 heterocycles. The Kier molecular flexibility index (Phi) is 21.4. The number of aliphatic carboxylic acids is 1. The number of carboxylic acid groups (broad SMARTS) is 1. The summed E-state index contributed by atoms with van der Waals surface area (Å²) < 4.78 is 0. The van der Waals surface area contributed by atoms with Crippen LogP contribution in [0.25, 0.3) is 0 Å². The number of carboxylic acids is 1. The Morgan fingerprint density at radius 1 is 0.737 bits per heavy atom. The van der Waals surface area contributed by atoms with Gasteiger partial charge >= 0.3 is 5.97 Å². The van der Waals surface area contributed by atoms with Crippen LogP contribution in [0.5, 0.6) is 0 Å². The molecule has 0 fully saturated rings. The molecule has 0 aliphatic carbocycles. The third-order valence-corrected chi connectivity index (χ3v) is 6.33. The average Bonchev–Trinajstić information content (AvgIpc) is 2.86. The monoisotopic (exact) mass is 544 g/mol. The minimum absolute atomic E-state index is 0.112. The van der Waals surface area contributed by atoms with Gasteiger partial charge in [0.2, 0.25) is 17.7 Å². The van der Waals surface area contributed by atoms with E-state index in [1.165, 1.54) is 44.9 Å². The Balaban J connectivity index is 4.02. The minimum Gasteiger partial charge on any atom is -0.480 e. The molecule has 8 N–H and O–H groups in total. The fourth-order valence-electron chi connectivity index (χ4n) is 4.03. The van der Waals surface area contributed by atoms with Gasteiger partial charge in [0.1, 0.15) is 12.1 Å². The Bertz CT molecular complexity index is 676. The van der Waals surface area contributed by atoms with E-state index in [-0.39, 0.29) is 19.4 Å². The summed E-state index contributed by atoms with van der Waals surface area (Å²) in [6, 6.07) is -2.56. The zero-order chi connectivity index (χ0) is 28.8. The maximum Gasteiger partial charge on any atom is 0.326 e. The Hall–Kier alpha value is -2.24. The van der Waals surface area contributed by atoms with Crippen molar-refractivity contribution in [2.75, 3.05) is 19.7 Å². The second kappa shape index (κ2) is 22.7. The minimum atomic E-state index is -1.37. The van der Waals surface area contributed by atoms with Gasteiger partial charge in [-0.15, -0.1) is 0 Å². The average molecular weight is 545 g/mol. The van der Waals surface area contributed by atoms with Gasteiger partial charge in [0.25, 0.3) is 0 Å². The van der Waals surface area contributed by atoms with Gasteiger partial charge in [0.05, 0.1) is 25.7 Å². The zero-order valence-electron chi connectivity index (χ0n) is 23.4. The van der Waals surface area contributed by atoms with Gasteiger partial charge < -0.3 is 37.0 Å². The number of aliphatic hydroxyl groups is 2. The van der Waals surface area contributed by atoms with Crippen LogP contribution >= 0.6 is 0 Å². The molecule has 0 aliphatic heterocycles. The first-order chi connectivity index (χ1) is 18.1. The molecule has 0 aromatic heterocycles. The van der Waals surface area contributed by atoms with E-state index >= 15 is 0 Å². The Morgan fingerprint density at radius 3 is 1.79 bits per heavy atom. The van der Waals surface area contributed by atoms with E-state index < -0.39 is 55.0 Å². The topological polar surface area (TPSA) is 191 Å². The highest BCUT2D eigenvalue weighted by molar-refractivity contribution is 5.92. The van der Waals surface area contributed by atoms with Gasteiger partial charge in [-0.05, 0) is 31.7 Å². The maximum absolute atomic E-state index is 12.2. The first kappa shape index (κ1) is 35.8. The third kappa shape index (κ3) is 19.8. The number of hydrogen-bond donors (Lipinski definition) is 7. The molecule has 0 aromatic carbocycles. The molecule has 11 nitrogen and oxygen atoms in total. The van der Waals surface area contributed by atoms with Crippen LogP contribution in [0.2, 0.25) is 0 Å². The van der Waals surface area contributed by atoms with Gasteiger partial charge in [0.15, 0.2) is 0 Å². The lowest BCUT2D eigenvalue weighted by atomic mass is 10.0. The lowest BCUT2D eigenvalue weighted by Crippen LogP contribution is -2.54. The molecular formula is C27H52N4O7. The number of nitrogens with one attached hydrogen (secondary N) is 3. The van der Waals surface area contributed by atoms with Crippen molar-refractivity contribution in [1.29, 1.82) is 0 Å². The van der Waals surface area contributed by atoms with E-state index in [2.05, 4.69) is 29.8 Å². The van der Waals surface area contributed by atoms with E-state index in [1.54, 1.807) is 0 Å². The van der Waals surface area contributed by atoms with E-state index in [1.807, 2.05) is 0 Å². The van der Waals surface area contributed by atoms with Crippen molar-refractivity contribution in [2.24, 2.45) is 11.7 Å². The molecule has 222 valence electrons. The predicted octanol–water partition coefficient (Wildman–Crippen LogP) is 1.59. The summed E-state index contributed by atoms with van der Waals surface area (Å²) in [4.78, 5) is 47.6. The molecule has 3 unspecified atom stereocenters. The van der Waals surface area contributed by atoms with Crippen molar-refractivity contribution in [1.82, 2.24) is 16.0 Å². The number of aliphatic hydroxyl groups excluding tert-OH is 2. The summed E-state index contributed by atoms with van der Waals surface area (Å²) in [5.41, 5.74) is 5.36. The molecule has 3 atom stereocenters. The van der Waals surface area contributed by atoms with Crippen molar-refractivity contribution >= 4 is 23.7 Å². The third-order valence-electron chi connectivity index (χ3n) is 6.33. The van der Waals surface area contributed by atoms with Crippen LogP contribution in [-0.4, -0.2) is 76.9 Å². The van der Waals surface area contributed by atoms with Gasteiger partial charge in [-0.3, -0.25) is 14.4 Å². The van der Waals surface area contributed by atoms with E-state index in [0.29, 0.717) is 12.8 Å². The lowest BCUT2D eigenvalue weighted by Gasteiger charge is -2.20. The first-order valence-corrected chi connectivity index (χ1v) is 14.2. The quantitative estimate of drug-likeness (QED) is 0.0891. The zero-order valence-corrected chi connectivity index (χ0v) is 23.4. The van der Waals surface area contributed by atoms with Crippen LogP contribution in [0.1, 0.15) is 104 Å². The van der Waals surface area contributed by atoms with Crippen LogP contribution < -0.4 is 21.7 Å². The molecule has 0 saturated carbocycles.